The molecule has 0 unspecified atom stereocenters. The average molecular weight is 366 g/mol. The van der Waals surface area contributed by atoms with Crippen molar-refractivity contribution in [1.82, 2.24) is 0 Å². The van der Waals surface area contributed by atoms with Crippen molar-refractivity contribution in [2.75, 3.05) is 5.32 Å². The van der Waals surface area contributed by atoms with Crippen LogP contribution >= 0.6 is 23.2 Å². The summed E-state index contributed by atoms with van der Waals surface area (Å²) in [4.78, 5) is 0. The molecular weight excluding hydrogens is 349 g/mol. The number of benzene rings is 3. The molecule has 3 heteroatoms. The van der Waals surface area contributed by atoms with Gasteiger partial charge in [0.15, 0.2) is 0 Å². The van der Waals surface area contributed by atoms with E-state index in [-0.39, 0.29) is 6.04 Å². The van der Waals surface area contributed by atoms with Gasteiger partial charge in [-0.2, -0.15) is 0 Å². The maximum atomic E-state index is 6.55. The van der Waals surface area contributed by atoms with Crippen molar-refractivity contribution in [2.24, 2.45) is 5.92 Å². The molecule has 124 valence electrons. The van der Waals surface area contributed by atoms with E-state index in [1.54, 1.807) is 0 Å². The van der Waals surface area contributed by atoms with E-state index in [1.807, 2.05) is 12.1 Å². The van der Waals surface area contributed by atoms with Crippen LogP contribution < -0.4 is 5.32 Å². The van der Waals surface area contributed by atoms with Gasteiger partial charge in [-0.15, -0.1) is 0 Å². The number of allylic oxidation sites excluding steroid dienone is 2. The number of rotatable bonds is 1. The Morgan fingerprint density at radius 2 is 1.80 bits per heavy atom. The summed E-state index contributed by atoms with van der Waals surface area (Å²) in [5.74, 6) is 0.858. The lowest BCUT2D eigenvalue weighted by Crippen LogP contribution is -2.29. The van der Waals surface area contributed by atoms with Crippen molar-refractivity contribution < 1.29 is 0 Å². The summed E-state index contributed by atoms with van der Waals surface area (Å²) in [7, 11) is 0. The lowest BCUT2D eigenvalue weighted by Gasteiger charge is -2.38. The molecule has 0 bridgehead atoms. The van der Waals surface area contributed by atoms with Crippen LogP contribution in [0, 0.1) is 5.92 Å². The van der Waals surface area contributed by atoms with E-state index in [9.17, 15) is 0 Å². The molecule has 1 N–H and O–H groups in total. The van der Waals surface area contributed by atoms with Crippen molar-refractivity contribution in [1.29, 1.82) is 0 Å². The van der Waals surface area contributed by atoms with E-state index >= 15 is 0 Å². The third-order valence-electron chi connectivity index (χ3n) is 5.57. The molecule has 0 radical (unpaired) electrons. The van der Waals surface area contributed by atoms with Gasteiger partial charge in [0.1, 0.15) is 0 Å². The first-order valence-electron chi connectivity index (χ1n) is 8.63. The second-order valence-corrected chi connectivity index (χ2v) is 7.65. The van der Waals surface area contributed by atoms with Crippen LogP contribution in [0.1, 0.15) is 29.5 Å². The molecule has 0 aromatic heterocycles. The minimum absolute atomic E-state index is 0.167. The molecule has 0 saturated heterocycles. The molecule has 0 spiro atoms. The van der Waals surface area contributed by atoms with Crippen molar-refractivity contribution >= 4 is 39.7 Å². The van der Waals surface area contributed by atoms with Crippen molar-refractivity contribution in [2.45, 2.75) is 18.4 Å². The first kappa shape index (κ1) is 15.3. The van der Waals surface area contributed by atoms with Crippen LogP contribution in [-0.2, 0) is 0 Å². The third kappa shape index (κ3) is 2.30. The minimum Gasteiger partial charge on any atom is -0.378 e. The summed E-state index contributed by atoms with van der Waals surface area (Å²) in [6.07, 6.45) is 5.72. The van der Waals surface area contributed by atoms with Gasteiger partial charge in [0.2, 0.25) is 0 Å². The molecule has 3 aromatic rings. The highest BCUT2D eigenvalue weighted by atomic mass is 35.5. The molecule has 1 aliphatic carbocycles. The molecule has 0 fully saturated rings. The Bertz CT molecular complexity index is 1010. The normalized spacial score (nSPS) is 24.0. The van der Waals surface area contributed by atoms with E-state index in [0.29, 0.717) is 21.9 Å². The Hall–Kier alpha value is -1.96. The largest absolute Gasteiger partial charge is 0.378 e. The first-order chi connectivity index (χ1) is 12.2. The molecule has 0 amide bonds. The fourth-order valence-corrected chi connectivity index (χ4v) is 4.87. The van der Waals surface area contributed by atoms with Crippen molar-refractivity contribution in [3.05, 3.63) is 87.9 Å². The summed E-state index contributed by atoms with van der Waals surface area (Å²) in [6.45, 7) is 0. The van der Waals surface area contributed by atoms with Gasteiger partial charge in [-0.3, -0.25) is 0 Å². The summed E-state index contributed by atoms with van der Waals surface area (Å²) < 4.78 is 0. The molecule has 25 heavy (non-hydrogen) atoms. The van der Waals surface area contributed by atoms with E-state index in [0.717, 1.165) is 12.0 Å². The number of hydrogen-bond donors (Lipinski definition) is 1. The number of nitrogens with one attached hydrogen (secondary N) is 1. The van der Waals surface area contributed by atoms with Crippen LogP contribution in [0.15, 0.2) is 66.7 Å². The van der Waals surface area contributed by atoms with Gasteiger partial charge in [0.25, 0.3) is 0 Å². The maximum absolute atomic E-state index is 6.55. The Morgan fingerprint density at radius 1 is 0.920 bits per heavy atom. The van der Waals surface area contributed by atoms with Crippen molar-refractivity contribution in [3.8, 4) is 0 Å². The van der Waals surface area contributed by atoms with E-state index in [1.165, 1.54) is 22.0 Å². The lowest BCUT2D eigenvalue weighted by atomic mass is 9.75. The predicted octanol–water partition coefficient (Wildman–Crippen LogP) is 6.97. The molecule has 1 aliphatic heterocycles. The van der Waals surface area contributed by atoms with Gasteiger partial charge in [-0.1, -0.05) is 77.8 Å². The quantitative estimate of drug-likeness (QED) is 0.459. The second-order valence-electron chi connectivity index (χ2n) is 6.87. The van der Waals surface area contributed by atoms with Crippen LogP contribution in [0.2, 0.25) is 10.0 Å². The van der Waals surface area contributed by atoms with Gasteiger partial charge in [-0.25, -0.2) is 0 Å². The Balaban J connectivity index is 1.70. The number of hydrogen-bond acceptors (Lipinski definition) is 1. The van der Waals surface area contributed by atoms with Crippen LogP contribution in [0.4, 0.5) is 5.69 Å². The molecule has 5 rings (SSSR count). The lowest BCUT2D eigenvalue weighted by molar-refractivity contribution is 0.427. The third-order valence-corrected chi connectivity index (χ3v) is 6.41. The highest BCUT2D eigenvalue weighted by Crippen LogP contribution is 2.52. The Labute approximate surface area is 157 Å². The molecule has 2 aliphatic rings. The molecular formula is C22H17Cl2N. The van der Waals surface area contributed by atoms with Crippen LogP contribution in [0.25, 0.3) is 10.8 Å². The second kappa shape index (κ2) is 5.79. The van der Waals surface area contributed by atoms with Crippen molar-refractivity contribution in [3.63, 3.8) is 0 Å². The topological polar surface area (TPSA) is 12.0 Å². The highest BCUT2D eigenvalue weighted by molar-refractivity contribution is 6.42. The van der Waals surface area contributed by atoms with E-state index < -0.39 is 0 Å². The molecule has 0 saturated carbocycles. The standard InChI is InChI=1S/C22H17Cl2N/c23-18-10-4-9-17(21(18)24)22-16-8-3-7-15(16)20-14-6-2-1-5-13(14)11-12-19(20)25-22/h1-7,9-12,15-16,22,25H,8H2/t15-,16-,22+/m0/s1. The highest BCUT2D eigenvalue weighted by Gasteiger charge is 2.39. The fourth-order valence-electron chi connectivity index (χ4n) is 4.45. The summed E-state index contributed by atoms with van der Waals surface area (Å²) >= 11 is 12.8. The first-order valence-corrected chi connectivity index (χ1v) is 9.38. The van der Waals surface area contributed by atoms with Gasteiger partial charge in [0, 0.05) is 11.6 Å². The van der Waals surface area contributed by atoms with Crippen LogP contribution in [0.3, 0.4) is 0 Å². The smallest absolute Gasteiger partial charge is 0.0645 e. The molecule has 3 aromatic carbocycles. The Kier molecular flexibility index (Phi) is 3.55. The van der Waals surface area contributed by atoms with Gasteiger partial charge in [-0.05, 0) is 46.4 Å². The van der Waals surface area contributed by atoms with Gasteiger partial charge >= 0.3 is 0 Å². The summed E-state index contributed by atoms with van der Waals surface area (Å²) in [6, 6.07) is 19.1. The van der Waals surface area contributed by atoms with Crippen LogP contribution in [-0.4, -0.2) is 0 Å². The number of halogens is 2. The summed E-state index contributed by atoms with van der Waals surface area (Å²) in [5.41, 5.74) is 3.70. The number of fused-ring (bicyclic) bond motifs is 5. The SMILES string of the molecule is Clc1cccc([C@@H]2Nc3ccc4ccccc4c3[C@H]3C=CC[C@@H]32)c1Cl. The van der Waals surface area contributed by atoms with E-state index in [2.05, 4.69) is 59.9 Å². The summed E-state index contributed by atoms with van der Waals surface area (Å²) in [5, 5.41) is 7.67. The average Bonchev–Trinajstić information content (AvgIpc) is 3.13. The van der Waals surface area contributed by atoms with E-state index in [4.69, 9.17) is 23.2 Å². The minimum atomic E-state index is 0.167. The zero-order valence-corrected chi connectivity index (χ0v) is 15.1. The monoisotopic (exact) mass is 365 g/mol. The van der Waals surface area contributed by atoms with Crippen LogP contribution in [0.5, 0.6) is 0 Å². The molecule has 3 atom stereocenters. The zero-order valence-electron chi connectivity index (χ0n) is 13.5. The molecule has 1 nitrogen and oxygen atoms in total. The molecule has 1 heterocycles. The number of anilines is 1. The fraction of sp³-hybridized carbons (Fsp3) is 0.182. The predicted molar refractivity (Wildman–Crippen MR) is 107 cm³/mol. The van der Waals surface area contributed by atoms with Gasteiger partial charge < -0.3 is 5.32 Å². The van der Waals surface area contributed by atoms with Gasteiger partial charge in [0.05, 0.1) is 16.1 Å². The Morgan fingerprint density at radius 3 is 2.72 bits per heavy atom. The maximum Gasteiger partial charge on any atom is 0.0645 e. The zero-order chi connectivity index (χ0) is 17.0.